The number of benzene rings is 2. The van der Waals surface area contributed by atoms with Crippen molar-refractivity contribution in [2.24, 2.45) is 0 Å². The van der Waals surface area contributed by atoms with Gasteiger partial charge in [0, 0.05) is 23.7 Å². The number of rotatable bonds is 6. The van der Waals surface area contributed by atoms with Gasteiger partial charge in [0.05, 0.1) is 12.6 Å². The molecule has 10 heteroatoms. The molecule has 0 spiro atoms. The summed E-state index contributed by atoms with van der Waals surface area (Å²) in [6, 6.07) is 10.8. The van der Waals surface area contributed by atoms with Crippen LogP contribution in [0.1, 0.15) is 45.0 Å². The third-order valence-corrected chi connectivity index (χ3v) is 4.44. The van der Waals surface area contributed by atoms with Crippen LogP contribution in [0.25, 0.3) is 0 Å². The summed E-state index contributed by atoms with van der Waals surface area (Å²) >= 11 is 5.90. The molecule has 0 saturated carbocycles. The maximum absolute atomic E-state index is 14.3. The molecule has 0 bridgehead atoms. The largest absolute Gasteiger partial charge is 0.488 e. The van der Waals surface area contributed by atoms with E-state index in [2.05, 4.69) is 10.3 Å². The van der Waals surface area contributed by atoms with Gasteiger partial charge in [-0.15, -0.1) is 0 Å². The van der Waals surface area contributed by atoms with Gasteiger partial charge in [0.25, 0.3) is 0 Å². The fraction of sp³-hybridized carbons (Fsp3) is 0.304. The molecule has 2 aromatic carbocycles. The van der Waals surface area contributed by atoms with Crippen molar-refractivity contribution < 1.29 is 13.9 Å². The zero-order valence-corrected chi connectivity index (χ0v) is 19.8. The number of hydrogen-bond acceptors (Lipinski definition) is 6. The summed E-state index contributed by atoms with van der Waals surface area (Å²) in [6.45, 7) is 8.63. The Morgan fingerprint density at radius 3 is 2.33 bits per heavy atom. The standard InChI is InChI=1S/C21H20ClFN4O4.C2H6/c1-12(2)31-18-9-8-16(10-17(18)23)24-19-25-20(29)27(13(3)28)21(30)26(19)11-14-4-6-15(22)7-5-14;1-2/h4-10,12H,11H2,1-3H3,(H,24,25,29);1-2H3. The van der Waals surface area contributed by atoms with Crippen LogP contribution in [0, 0.1) is 5.82 Å². The second-order valence-corrected chi connectivity index (χ2v) is 7.44. The summed E-state index contributed by atoms with van der Waals surface area (Å²) in [7, 11) is 0. The molecule has 1 N–H and O–H groups in total. The predicted molar refractivity (Wildman–Crippen MR) is 126 cm³/mol. The first-order chi connectivity index (χ1) is 15.7. The monoisotopic (exact) mass is 476 g/mol. The van der Waals surface area contributed by atoms with Crippen molar-refractivity contribution >= 4 is 29.1 Å². The summed E-state index contributed by atoms with van der Waals surface area (Å²) in [4.78, 5) is 40.7. The van der Waals surface area contributed by atoms with Crippen LogP contribution < -0.4 is 21.4 Å². The molecule has 0 atom stereocenters. The van der Waals surface area contributed by atoms with E-state index in [0.717, 1.165) is 17.6 Å². The molecule has 8 nitrogen and oxygen atoms in total. The van der Waals surface area contributed by atoms with Gasteiger partial charge in [-0.1, -0.05) is 37.6 Å². The van der Waals surface area contributed by atoms with Crippen molar-refractivity contribution in [3.63, 3.8) is 0 Å². The van der Waals surface area contributed by atoms with Crippen molar-refractivity contribution in [3.8, 4) is 5.75 Å². The number of nitrogens with zero attached hydrogens (tertiary/aromatic N) is 3. The van der Waals surface area contributed by atoms with E-state index in [1.807, 2.05) is 13.8 Å². The molecule has 3 rings (SSSR count). The van der Waals surface area contributed by atoms with Crippen molar-refractivity contribution in [3.05, 3.63) is 79.8 Å². The Morgan fingerprint density at radius 1 is 1.15 bits per heavy atom. The highest BCUT2D eigenvalue weighted by Gasteiger charge is 2.17. The van der Waals surface area contributed by atoms with Gasteiger partial charge in [0.15, 0.2) is 11.6 Å². The van der Waals surface area contributed by atoms with Crippen LogP contribution in [-0.2, 0) is 6.54 Å². The first-order valence-corrected chi connectivity index (χ1v) is 10.8. The van der Waals surface area contributed by atoms with E-state index in [1.54, 1.807) is 38.1 Å². The van der Waals surface area contributed by atoms with E-state index < -0.39 is 23.1 Å². The highest BCUT2D eigenvalue weighted by molar-refractivity contribution is 6.30. The second-order valence-electron chi connectivity index (χ2n) is 7.00. The Morgan fingerprint density at radius 2 is 1.79 bits per heavy atom. The minimum absolute atomic E-state index is 0.00405. The zero-order chi connectivity index (χ0) is 24.7. The summed E-state index contributed by atoms with van der Waals surface area (Å²) in [6.07, 6.45) is -0.210. The number of carbonyl (C=O) groups is 1. The lowest BCUT2D eigenvalue weighted by atomic mass is 10.2. The molecule has 0 aliphatic carbocycles. The summed E-state index contributed by atoms with van der Waals surface area (Å²) in [5, 5.41) is 3.29. The van der Waals surface area contributed by atoms with Crippen LogP contribution in [0.15, 0.2) is 52.1 Å². The molecule has 0 saturated heterocycles. The molecule has 0 radical (unpaired) electrons. The Kier molecular flexibility index (Phi) is 8.93. The molecule has 3 aromatic rings. The van der Waals surface area contributed by atoms with E-state index >= 15 is 0 Å². The molecule has 1 aromatic heterocycles. The van der Waals surface area contributed by atoms with Crippen LogP contribution in [0.4, 0.5) is 16.0 Å². The lowest BCUT2D eigenvalue weighted by Gasteiger charge is -2.16. The second kappa shape index (κ2) is 11.4. The smallest absolute Gasteiger partial charge is 0.361 e. The average Bonchev–Trinajstić information content (AvgIpc) is 2.75. The number of ether oxygens (including phenoxy) is 1. The van der Waals surface area contributed by atoms with Gasteiger partial charge < -0.3 is 10.1 Å². The molecule has 176 valence electrons. The van der Waals surface area contributed by atoms with E-state index in [9.17, 15) is 18.8 Å². The van der Waals surface area contributed by atoms with Crippen LogP contribution in [-0.4, -0.2) is 26.1 Å². The van der Waals surface area contributed by atoms with Gasteiger partial charge in [-0.2, -0.15) is 9.55 Å². The zero-order valence-electron chi connectivity index (χ0n) is 19.1. The minimum Gasteiger partial charge on any atom is -0.488 e. The summed E-state index contributed by atoms with van der Waals surface area (Å²) in [5.41, 5.74) is -0.986. The van der Waals surface area contributed by atoms with Crippen molar-refractivity contribution in [2.45, 2.75) is 47.3 Å². The molecule has 33 heavy (non-hydrogen) atoms. The van der Waals surface area contributed by atoms with Crippen molar-refractivity contribution in [1.29, 1.82) is 0 Å². The average molecular weight is 477 g/mol. The van der Waals surface area contributed by atoms with Gasteiger partial charge >= 0.3 is 11.4 Å². The lowest BCUT2D eigenvalue weighted by molar-refractivity contribution is 0.0923. The van der Waals surface area contributed by atoms with Gasteiger partial charge in [-0.25, -0.2) is 14.0 Å². The number of hydrogen-bond donors (Lipinski definition) is 1. The topological polar surface area (TPSA) is 95.2 Å². The van der Waals surface area contributed by atoms with E-state index in [0.29, 0.717) is 15.2 Å². The molecule has 0 amide bonds. The summed E-state index contributed by atoms with van der Waals surface area (Å²) in [5.74, 6) is -1.46. The molecule has 0 aliphatic heterocycles. The van der Waals surface area contributed by atoms with Gasteiger partial charge in [-0.3, -0.25) is 9.36 Å². The fourth-order valence-electron chi connectivity index (χ4n) is 2.83. The third kappa shape index (κ3) is 6.52. The lowest BCUT2D eigenvalue weighted by Crippen LogP contribution is -2.45. The van der Waals surface area contributed by atoms with Crippen LogP contribution in [0.5, 0.6) is 5.75 Å². The van der Waals surface area contributed by atoms with Crippen molar-refractivity contribution in [2.75, 3.05) is 5.32 Å². The molecule has 0 aliphatic rings. The maximum Gasteiger partial charge on any atom is 0.361 e. The quantitative estimate of drug-likeness (QED) is 0.564. The van der Waals surface area contributed by atoms with Crippen molar-refractivity contribution in [1.82, 2.24) is 14.1 Å². The minimum atomic E-state index is -1.03. The molecule has 0 unspecified atom stereocenters. The van der Waals surface area contributed by atoms with Gasteiger partial charge in [0.1, 0.15) is 0 Å². The van der Waals surface area contributed by atoms with Crippen LogP contribution in [0.2, 0.25) is 5.02 Å². The number of halogens is 2. The van der Waals surface area contributed by atoms with Crippen LogP contribution in [0.3, 0.4) is 0 Å². The van der Waals surface area contributed by atoms with E-state index in [1.165, 1.54) is 12.1 Å². The Labute approximate surface area is 195 Å². The number of aromatic nitrogens is 3. The first kappa shape index (κ1) is 25.8. The fourth-order valence-corrected chi connectivity index (χ4v) is 2.96. The highest BCUT2D eigenvalue weighted by atomic mass is 35.5. The molecule has 0 fully saturated rings. The number of carbonyl (C=O) groups excluding carboxylic acids is 1. The molecular weight excluding hydrogens is 451 g/mol. The maximum atomic E-state index is 14.3. The SMILES string of the molecule is CC.CC(=O)n1c(=O)nc(Nc2ccc(OC(C)C)c(F)c2)n(Cc2ccc(Cl)cc2)c1=O. The van der Waals surface area contributed by atoms with E-state index in [4.69, 9.17) is 16.3 Å². The number of anilines is 2. The Bertz CT molecular complexity index is 1240. The van der Waals surface area contributed by atoms with Gasteiger partial charge in [0.2, 0.25) is 11.9 Å². The third-order valence-electron chi connectivity index (χ3n) is 4.19. The summed E-state index contributed by atoms with van der Waals surface area (Å²) < 4.78 is 21.3. The molecular formula is C23H26ClFN4O4. The van der Waals surface area contributed by atoms with E-state index in [-0.39, 0.29) is 30.0 Å². The normalized spacial score (nSPS) is 10.4. The molecule has 1 heterocycles. The predicted octanol–water partition coefficient (Wildman–Crippen LogP) is 4.46. The van der Waals surface area contributed by atoms with Crippen LogP contribution >= 0.6 is 11.6 Å². The first-order valence-electron chi connectivity index (χ1n) is 10.4. The van der Waals surface area contributed by atoms with Gasteiger partial charge in [-0.05, 0) is 43.7 Å². The Balaban J connectivity index is 0.00000187. The highest BCUT2D eigenvalue weighted by Crippen LogP contribution is 2.24. The number of nitrogens with one attached hydrogen (secondary N) is 1. The Hall–Kier alpha value is -3.46.